The highest BCUT2D eigenvalue weighted by Gasteiger charge is 2.17. The second-order valence-corrected chi connectivity index (χ2v) is 6.46. The number of anilines is 1. The summed E-state index contributed by atoms with van der Waals surface area (Å²) in [7, 11) is 0. The van der Waals surface area contributed by atoms with Crippen LogP contribution in [0.5, 0.6) is 5.75 Å². The molecule has 25 heavy (non-hydrogen) atoms. The third-order valence-electron chi connectivity index (χ3n) is 3.71. The molecule has 3 aromatic rings. The minimum Gasteiger partial charge on any atom is -0.484 e. The van der Waals surface area contributed by atoms with Gasteiger partial charge in [0.15, 0.2) is 6.61 Å². The van der Waals surface area contributed by atoms with Gasteiger partial charge in [0.25, 0.3) is 5.91 Å². The molecule has 126 valence electrons. The molecule has 0 aliphatic carbocycles. The lowest BCUT2D eigenvalue weighted by Gasteiger charge is -2.23. The standard InChI is InChI=1S/C21H18BrNO2/c22-18-10-7-13-20(14-18)25-16-21(24)23(19-11-5-2-6-12-19)15-17-8-3-1-4-9-17/h1-14H,15-16H2. The molecule has 0 radical (unpaired) electrons. The summed E-state index contributed by atoms with van der Waals surface area (Å²) in [5.74, 6) is 0.575. The van der Waals surface area contributed by atoms with Gasteiger partial charge in [-0.05, 0) is 35.9 Å². The van der Waals surface area contributed by atoms with Crippen LogP contribution in [0.4, 0.5) is 5.69 Å². The van der Waals surface area contributed by atoms with E-state index in [-0.39, 0.29) is 12.5 Å². The van der Waals surface area contributed by atoms with Crippen LogP contribution in [0.2, 0.25) is 0 Å². The molecule has 1 amide bonds. The Labute approximate surface area is 156 Å². The molecule has 0 N–H and O–H groups in total. The number of hydrogen-bond donors (Lipinski definition) is 0. The van der Waals surface area contributed by atoms with Crippen LogP contribution in [0, 0.1) is 0 Å². The second-order valence-electron chi connectivity index (χ2n) is 5.55. The van der Waals surface area contributed by atoms with E-state index < -0.39 is 0 Å². The lowest BCUT2D eigenvalue weighted by molar-refractivity contribution is -0.120. The molecule has 0 saturated carbocycles. The average molecular weight is 396 g/mol. The maximum Gasteiger partial charge on any atom is 0.265 e. The zero-order valence-electron chi connectivity index (χ0n) is 13.6. The summed E-state index contributed by atoms with van der Waals surface area (Å²) < 4.78 is 6.59. The molecule has 3 rings (SSSR count). The smallest absolute Gasteiger partial charge is 0.265 e. The molecular weight excluding hydrogens is 378 g/mol. The molecule has 3 nitrogen and oxygen atoms in total. The molecule has 4 heteroatoms. The van der Waals surface area contributed by atoms with Crippen molar-refractivity contribution in [2.24, 2.45) is 0 Å². The Hall–Kier alpha value is -2.59. The molecule has 0 fully saturated rings. The van der Waals surface area contributed by atoms with E-state index in [9.17, 15) is 4.79 Å². The van der Waals surface area contributed by atoms with E-state index in [0.717, 1.165) is 15.7 Å². The molecule has 0 saturated heterocycles. The van der Waals surface area contributed by atoms with Crippen molar-refractivity contribution >= 4 is 27.5 Å². The van der Waals surface area contributed by atoms with Gasteiger partial charge in [0, 0.05) is 10.2 Å². The van der Waals surface area contributed by atoms with Crippen molar-refractivity contribution in [1.82, 2.24) is 0 Å². The minimum absolute atomic E-state index is 0.0157. The normalized spacial score (nSPS) is 10.3. The molecule has 0 aliphatic heterocycles. The minimum atomic E-state index is -0.0879. The van der Waals surface area contributed by atoms with Gasteiger partial charge >= 0.3 is 0 Å². The highest BCUT2D eigenvalue weighted by Crippen LogP contribution is 2.20. The summed E-state index contributed by atoms with van der Waals surface area (Å²) in [4.78, 5) is 14.5. The van der Waals surface area contributed by atoms with Crippen LogP contribution in [0.15, 0.2) is 89.4 Å². The Bertz CT molecular complexity index is 822. The third-order valence-corrected chi connectivity index (χ3v) is 4.20. The molecule has 3 aromatic carbocycles. The van der Waals surface area contributed by atoms with Crippen molar-refractivity contribution in [2.45, 2.75) is 6.54 Å². The summed E-state index contributed by atoms with van der Waals surface area (Å²) >= 11 is 3.40. The largest absolute Gasteiger partial charge is 0.484 e. The number of benzene rings is 3. The monoisotopic (exact) mass is 395 g/mol. The van der Waals surface area contributed by atoms with Crippen molar-refractivity contribution in [3.63, 3.8) is 0 Å². The maximum atomic E-state index is 12.8. The van der Waals surface area contributed by atoms with Gasteiger partial charge in [-0.15, -0.1) is 0 Å². The topological polar surface area (TPSA) is 29.5 Å². The molecular formula is C21H18BrNO2. The fourth-order valence-corrected chi connectivity index (χ4v) is 2.86. The van der Waals surface area contributed by atoms with Crippen LogP contribution in [0.25, 0.3) is 0 Å². The van der Waals surface area contributed by atoms with E-state index in [1.165, 1.54) is 0 Å². The molecule has 0 heterocycles. The number of halogens is 1. The summed E-state index contributed by atoms with van der Waals surface area (Å²) in [5, 5.41) is 0. The Morgan fingerprint density at radius 2 is 1.56 bits per heavy atom. The molecule has 0 spiro atoms. The number of ether oxygens (including phenoxy) is 1. The van der Waals surface area contributed by atoms with Gasteiger partial charge in [0.2, 0.25) is 0 Å². The quantitative estimate of drug-likeness (QED) is 0.583. The van der Waals surface area contributed by atoms with Gasteiger partial charge < -0.3 is 9.64 Å². The fourth-order valence-electron chi connectivity index (χ4n) is 2.48. The first-order chi connectivity index (χ1) is 12.2. The van der Waals surface area contributed by atoms with E-state index in [1.54, 1.807) is 4.90 Å². The van der Waals surface area contributed by atoms with Gasteiger partial charge in [-0.1, -0.05) is 70.5 Å². The first-order valence-corrected chi connectivity index (χ1v) is 8.79. The van der Waals surface area contributed by atoms with Crippen molar-refractivity contribution in [2.75, 3.05) is 11.5 Å². The van der Waals surface area contributed by atoms with Crippen LogP contribution < -0.4 is 9.64 Å². The Balaban J connectivity index is 1.75. The van der Waals surface area contributed by atoms with E-state index in [1.807, 2.05) is 84.9 Å². The number of amides is 1. The van der Waals surface area contributed by atoms with E-state index in [0.29, 0.717) is 12.3 Å². The molecule has 0 unspecified atom stereocenters. The van der Waals surface area contributed by atoms with Crippen molar-refractivity contribution in [1.29, 1.82) is 0 Å². The van der Waals surface area contributed by atoms with Crippen LogP contribution in [0.1, 0.15) is 5.56 Å². The summed E-state index contributed by atoms with van der Waals surface area (Å²) in [6, 6.07) is 27.1. The van der Waals surface area contributed by atoms with E-state index >= 15 is 0 Å². The molecule has 0 aromatic heterocycles. The zero-order chi connectivity index (χ0) is 17.5. The average Bonchev–Trinajstić information content (AvgIpc) is 2.66. The number of para-hydroxylation sites is 1. The Kier molecular flexibility index (Phi) is 5.86. The maximum absolute atomic E-state index is 12.8. The SMILES string of the molecule is O=C(COc1cccc(Br)c1)N(Cc1ccccc1)c1ccccc1. The number of nitrogens with zero attached hydrogens (tertiary/aromatic N) is 1. The van der Waals surface area contributed by atoms with Crippen molar-refractivity contribution in [3.8, 4) is 5.75 Å². The van der Waals surface area contributed by atoms with Gasteiger partial charge in [-0.3, -0.25) is 4.79 Å². The third kappa shape index (κ3) is 4.94. The van der Waals surface area contributed by atoms with Gasteiger partial charge in [-0.25, -0.2) is 0 Å². The Morgan fingerprint density at radius 1 is 0.880 bits per heavy atom. The molecule has 0 atom stereocenters. The lowest BCUT2D eigenvalue weighted by Crippen LogP contribution is -2.34. The van der Waals surface area contributed by atoms with Gasteiger partial charge in [0.1, 0.15) is 5.75 Å². The Morgan fingerprint density at radius 3 is 2.24 bits per heavy atom. The number of hydrogen-bond acceptors (Lipinski definition) is 2. The van der Waals surface area contributed by atoms with Gasteiger partial charge in [0.05, 0.1) is 6.54 Å². The predicted molar refractivity (Wildman–Crippen MR) is 104 cm³/mol. The zero-order valence-corrected chi connectivity index (χ0v) is 15.2. The predicted octanol–water partition coefficient (Wildman–Crippen LogP) is 5.06. The second kappa shape index (κ2) is 8.49. The van der Waals surface area contributed by atoms with Crippen LogP contribution in [-0.2, 0) is 11.3 Å². The summed E-state index contributed by atoms with van der Waals surface area (Å²) in [5.41, 5.74) is 1.93. The molecule has 0 aliphatic rings. The van der Waals surface area contributed by atoms with Gasteiger partial charge in [-0.2, -0.15) is 0 Å². The van der Waals surface area contributed by atoms with Crippen LogP contribution >= 0.6 is 15.9 Å². The van der Waals surface area contributed by atoms with E-state index in [4.69, 9.17) is 4.74 Å². The molecule has 0 bridgehead atoms. The van der Waals surface area contributed by atoms with Crippen molar-refractivity contribution in [3.05, 3.63) is 95.0 Å². The van der Waals surface area contributed by atoms with Crippen LogP contribution in [-0.4, -0.2) is 12.5 Å². The first kappa shape index (κ1) is 17.2. The summed E-state index contributed by atoms with van der Waals surface area (Å²) in [6.45, 7) is 0.490. The number of carbonyl (C=O) groups is 1. The highest BCUT2D eigenvalue weighted by molar-refractivity contribution is 9.10. The highest BCUT2D eigenvalue weighted by atomic mass is 79.9. The lowest BCUT2D eigenvalue weighted by atomic mass is 10.2. The van der Waals surface area contributed by atoms with Crippen molar-refractivity contribution < 1.29 is 9.53 Å². The van der Waals surface area contributed by atoms with Crippen LogP contribution in [0.3, 0.4) is 0 Å². The van der Waals surface area contributed by atoms with E-state index in [2.05, 4.69) is 15.9 Å². The number of rotatable bonds is 6. The first-order valence-electron chi connectivity index (χ1n) is 8.00. The number of carbonyl (C=O) groups excluding carboxylic acids is 1. The fraction of sp³-hybridized carbons (Fsp3) is 0.0952. The summed E-state index contributed by atoms with van der Waals surface area (Å²) in [6.07, 6.45) is 0.